The van der Waals surface area contributed by atoms with Crippen LogP contribution in [0.4, 0.5) is 0 Å². The fraction of sp³-hybridized carbons (Fsp3) is 0.667. The normalized spacial score (nSPS) is 27.2. The van der Waals surface area contributed by atoms with Gasteiger partial charge >= 0.3 is 0 Å². The first kappa shape index (κ1) is 14.1. The molecule has 1 heterocycles. The Hall–Kier alpha value is -1.29. The summed E-state index contributed by atoms with van der Waals surface area (Å²) in [6.07, 6.45) is 5.54. The molecule has 19 heavy (non-hydrogen) atoms. The molecule has 2 rings (SSSR count). The summed E-state index contributed by atoms with van der Waals surface area (Å²) in [6.45, 7) is 5.35. The molecule has 1 aliphatic carbocycles. The molecular weight excluding hydrogens is 240 g/mol. The Kier molecular flexibility index (Phi) is 4.30. The molecule has 1 aromatic rings. The average Bonchev–Trinajstić information content (AvgIpc) is 2.88. The van der Waals surface area contributed by atoms with Crippen LogP contribution in [-0.2, 0) is 6.54 Å². The van der Waals surface area contributed by atoms with Crippen LogP contribution < -0.4 is 5.32 Å². The standard InChI is InChI=1S/C15H24N2O2/c1-3-17-10-4-5-13(17)14(18)16-11-15(19)8-6-12(2)7-9-15/h4-5,10,12,19H,3,6-9,11H2,1-2H3,(H,16,18). The van der Waals surface area contributed by atoms with E-state index in [-0.39, 0.29) is 5.91 Å². The van der Waals surface area contributed by atoms with Crippen molar-refractivity contribution in [2.45, 2.75) is 51.7 Å². The van der Waals surface area contributed by atoms with Crippen molar-refractivity contribution in [3.63, 3.8) is 0 Å². The van der Waals surface area contributed by atoms with Crippen molar-refractivity contribution in [2.24, 2.45) is 5.92 Å². The van der Waals surface area contributed by atoms with E-state index in [0.717, 1.165) is 32.2 Å². The van der Waals surface area contributed by atoms with E-state index in [1.54, 1.807) is 0 Å². The van der Waals surface area contributed by atoms with Gasteiger partial charge in [-0.15, -0.1) is 0 Å². The number of carbonyl (C=O) groups excluding carboxylic acids is 1. The predicted molar refractivity (Wildman–Crippen MR) is 75.0 cm³/mol. The minimum atomic E-state index is -0.716. The number of amides is 1. The predicted octanol–water partition coefficient (Wildman–Crippen LogP) is 2.18. The molecule has 1 amide bonds. The zero-order valence-electron chi connectivity index (χ0n) is 11.9. The fourth-order valence-electron chi connectivity index (χ4n) is 2.71. The van der Waals surface area contributed by atoms with Crippen LogP contribution in [0.5, 0.6) is 0 Å². The SMILES string of the molecule is CCn1cccc1C(=O)NCC1(O)CCC(C)CC1. The van der Waals surface area contributed by atoms with Gasteiger partial charge in [0.15, 0.2) is 0 Å². The molecule has 0 radical (unpaired) electrons. The van der Waals surface area contributed by atoms with Crippen molar-refractivity contribution in [1.29, 1.82) is 0 Å². The number of hydrogen-bond donors (Lipinski definition) is 2. The highest BCUT2D eigenvalue weighted by Crippen LogP contribution is 2.31. The van der Waals surface area contributed by atoms with Gasteiger partial charge in [0, 0.05) is 19.3 Å². The molecule has 0 bridgehead atoms. The van der Waals surface area contributed by atoms with Crippen LogP contribution in [0, 0.1) is 5.92 Å². The molecular formula is C15H24N2O2. The summed E-state index contributed by atoms with van der Waals surface area (Å²) in [5.41, 5.74) is -0.0542. The molecule has 0 atom stereocenters. The number of nitrogens with one attached hydrogen (secondary N) is 1. The Labute approximate surface area is 114 Å². The van der Waals surface area contributed by atoms with E-state index in [4.69, 9.17) is 0 Å². The van der Waals surface area contributed by atoms with Crippen molar-refractivity contribution in [1.82, 2.24) is 9.88 Å². The summed E-state index contributed by atoms with van der Waals surface area (Å²) in [5.74, 6) is 0.590. The molecule has 4 heteroatoms. The van der Waals surface area contributed by atoms with E-state index in [9.17, 15) is 9.90 Å². The Balaban J connectivity index is 1.90. The molecule has 0 spiro atoms. The molecule has 106 valence electrons. The third kappa shape index (κ3) is 3.38. The molecule has 0 unspecified atom stereocenters. The van der Waals surface area contributed by atoms with Gasteiger partial charge in [-0.2, -0.15) is 0 Å². The lowest BCUT2D eigenvalue weighted by molar-refractivity contribution is -0.00546. The van der Waals surface area contributed by atoms with Gasteiger partial charge in [0.05, 0.1) is 5.60 Å². The van der Waals surface area contributed by atoms with Gasteiger partial charge < -0.3 is 15.0 Å². The first-order valence-corrected chi connectivity index (χ1v) is 7.20. The molecule has 4 nitrogen and oxygen atoms in total. The highest BCUT2D eigenvalue weighted by Gasteiger charge is 2.32. The third-order valence-electron chi connectivity index (χ3n) is 4.19. The number of carbonyl (C=O) groups is 1. The molecule has 1 aromatic heterocycles. The summed E-state index contributed by atoms with van der Waals surface area (Å²) in [7, 11) is 0. The molecule has 1 fully saturated rings. The number of aliphatic hydroxyl groups is 1. The minimum Gasteiger partial charge on any atom is -0.388 e. The van der Waals surface area contributed by atoms with Crippen molar-refractivity contribution >= 4 is 5.91 Å². The molecule has 1 aliphatic rings. The summed E-state index contributed by atoms with van der Waals surface area (Å²) in [5, 5.41) is 13.3. The maximum Gasteiger partial charge on any atom is 0.268 e. The zero-order valence-corrected chi connectivity index (χ0v) is 11.9. The lowest BCUT2D eigenvalue weighted by atomic mass is 9.79. The first-order valence-electron chi connectivity index (χ1n) is 7.20. The molecule has 1 saturated carbocycles. The van der Waals surface area contributed by atoms with E-state index in [1.807, 2.05) is 29.8 Å². The number of nitrogens with zero attached hydrogens (tertiary/aromatic N) is 1. The van der Waals surface area contributed by atoms with Gasteiger partial charge in [-0.25, -0.2) is 0 Å². The van der Waals surface area contributed by atoms with Crippen LogP contribution in [0.2, 0.25) is 0 Å². The number of aromatic nitrogens is 1. The van der Waals surface area contributed by atoms with Gasteiger partial charge in [-0.3, -0.25) is 4.79 Å². The average molecular weight is 264 g/mol. The highest BCUT2D eigenvalue weighted by atomic mass is 16.3. The van der Waals surface area contributed by atoms with E-state index >= 15 is 0 Å². The summed E-state index contributed by atoms with van der Waals surface area (Å²) in [4.78, 5) is 12.1. The topological polar surface area (TPSA) is 54.3 Å². The third-order valence-corrected chi connectivity index (χ3v) is 4.19. The van der Waals surface area contributed by atoms with Crippen molar-refractivity contribution in [3.8, 4) is 0 Å². The van der Waals surface area contributed by atoms with Gasteiger partial charge in [0.25, 0.3) is 5.91 Å². The smallest absolute Gasteiger partial charge is 0.268 e. The lowest BCUT2D eigenvalue weighted by Crippen LogP contribution is -2.45. The Morgan fingerprint density at radius 3 is 2.84 bits per heavy atom. The van der Waals surface area contributed by atoms with Crippen LogP contribution >= 0.6 is 0 Å². The fourth-order valence-corrected chi connectivity index (χ4v) is 2.71. The monoisotopic (exact) mass is 264 g/mol. The summed E-state index contributed by atoms with van der Waals surface area (Å²) in [6, 6.07) is 3.68. The van der Waals surface area contributed by atoms with Gasteiger partial charge in [0.2, 0.25) is 0 Å². The second-order valence-corrected chi connectivity index (χ2v) is 5.77. The maximum atomic E-state index is 12.1. The van der Waals surface area contributed by atoms with Crippen molar-refractivity contribution in [2.75, 3.05) is 6.54 Å². The molecule has 0 aliphatic heterocycles. The lowest BCUT2D eigenvalue weighted by Gasteiger charge is -2.34. The molecule has 0 saturated heterocycles. The van der Waals surface area contributed by atoms with Gasteiger partial charge in [-0.05, 0) is 50.7 Å². The Morgan fingerprint density at radius 2 is 2.21 bits per heavy atom. The van der Waals surface area contributed by atoms with E-state index in [2.05, 4.69) is 12.2 Å². The van der Waals surface area contributed by atoms with Crippen LogP contribution in [0.1, 0.15) is 50.0 Å². The Bertz CT molecular complexity index is 431. The quantitative estimate of drug-likeness (QED) is 0.875. The van der Waals surface area contributed by atoms with E-state index in [1.165, 1.54) is 0 Å². The maximum absolute atomic E-state index is 12.1. The van der Waals surface area contributed by atoms with Crippen LogP contribution in [0.25, 0.3) is 0 Å². The second kappa shape index (κ2) is 5.78. The minimum absolute atomic E-state index is 0.0982. The van der Waals surface area contributed by atoms with E-state index in [0.29, 0.717) is 18.2 Å². The largest absolute Gasteiger partial charge is 0.388 e. The van der Waals surface area contributed by atoms with Crippen molar-refractivity contribution < 1.29 is 9.90 Å². The number of rotatable bonds is 4. The molecule has 2 N–H and O–H groups in total. The van der Waals surface area contributed by atoms with Crippen LogP contribution in [-0.4, -0.2) is 27.7 Å². The second-order valence-electron chi connectivity index (χ2n) is 5.77. The zero-order chi connectivity index (χ0) is 13.9. The van der Waals surface area contributed by atoms with Crippen LogP contribution in [0.15, 0.2) is 18.3 Å². The number of aryl methyl sites for hydroxylation is 1. The Morgan fingerprint density at radius 1 is 1.53 bits per heavy atom. The van der Waals surface area contributed by atoms with Gasteiger partial charge in [-0.1, -0.05) is 6.92 Å². The van der Waals surface area contributed by atoms with Gasteiger partial charge in [0.1, 0.15) is 5.69 Å². The summed E-state index contributed by atoms with van der Waals surface area (Å²) >= 11 is 0. The van der Waals surface area contributed by atoms with Crippen LogP contribution in [0.3, 0.4) is 0 Å². The highest BCUT2D eigenvalue weighted by molar-refractivity contribution is 5.92. The molecule has 0 aromatic carbocycles. The number of hydrogen-bond acceptors (Lipinski definition) is 2. The first-order chi connectivity index (χ1) is 9.04. The summed E-state index contributed by atoms with van der Waals surface area (Å²) < 4.78 is 1.91. The van der Waals surface area contributed by atoms with Crippen molar-refractivity contribution in [3.05, 3.63) is 24.0 Å². The van der Waals surface area contributed by atoms with E-state index < -0.39 is 5.60 Å².